The molecular weight excluding hydrogens is 494 g/mol. The van der Waals surface area contributed by atoms with Gasteiger partial charge in [-0.2, -0.15) is 0 Å². The number of rotatable bonds is 12. The molecule has 0 aliphatic rings. The van der Waals surface area contributed by atoms with Crippen molar-refractivity contribution in [1.82, 2.24) is 20.3 Å². The molecule has 1 heterocycles. The highest BCUT2D eigenvalue weighted by Crippen LogP contribution is 2.22. The number of carbonyl (C=O) groups excluding carboxylic acids is 3. The molecule has 3 amide bonds. The summed E-state index contributed by atoms with van der Waals surface area (Å²) in [6.07, 6.45) is 2.01. The van der Waals surface area contributed by atoms with E-state index in [1.165, 1.54) is 0 Å². The van der Waals surface area contributed by atoms with Crippen LogP contribution in [0.4, 0.5) is 4.79 Å². The normalized spacial score (nSPS) is 13.4. The Morgan fingerprint density at radius 3 is 2.36 bits per heavy atom. The molecule has 1 unspecified atom stereocenters. The van der Waals surface area contributed by atoms with E-state index < -0.39 is 45.6 Å². The van der Waals surface area contributed by atoms with Crippen LogP contribution in [0.2, 0.25) is 0 Å². The number of carbonyl (C=O) groups is 3. The standard InChI is InChI=1S/C21H37N7O7S/c1-12(2)10-14(27-20(31)35-21(3,4)5)18-26-15(11-34-18)16(29)25-13(8-7-9-24-19(22)23)17(30)28-36(6,32)33/h11-14H,7-10H2,1-6H3,(H,25,29)(H,27,31)(H,28,30)(H4,22,23,24)/t13?,14-/m0/s1. The molecule has 14 nitrogen and oxygen atoms in total. The number of hydrogen-bond acceptors (Lipinski definition) is 9. The van der Waals surface area contributed by atoms with Gasteiger partial charge in [0.05, 0.1) is 6.26 Å². The summed E-state index contributed by atoms with van der Waals surface area (Å²) in [6.45, 7) is 9.23. The van der Waals surface area contributed by atoms with Crippen molar-refractivity contribution in [3.8, 4) is 0 Å². The van der Waals surface area contributed by atoms with Crippen LogP contribution in [-0.4, -0.2) is 61.7 Å². The number of aliphatic imine (C=N–C) groups is 1. The van der Waals surface area contributed by atoms with Crippen molar-refractivity contribution < 1.29 is 32.0 Å². The van der Waals surface area contributed by atoms with Crippen LogP contribution in [-0.2, 0) is 19.6 Å². The number of nitrogens with zero attached hydrogens (tertiary/aromatic N) is 2. The third kappa shape index (κ3) is 12.4. The first-order chi connectivity index (χ1) is 16.5. The van der Waals surface area contributed by atoms with Crippen LogP contribution in [0.15, 0.2) is 15.7 Å². The molecule has 0 bridgehead atoms. The van der Waals surface area contributed by atoms with Gasteiger partial charge in [0.1, 0.15) is 23.9 Å². The summed E-state index contributed by atoms with van der Waals surface area (Å²) in [5.41, 5.74) is 9.67. The average Bonchev–Trinajstić information content (AvgIpc) is 3.16. The Hall–Kier alpha value is -3.36. The van der Waals surface area contributed by atoms with Crippen LogP contribution in [0.1, 0.15) is 76.3 Å². The van der Waals surface area contributed by atoms with E-state index in [1.807, 2.05) is 18.6 Å². The summed E-state index contributed by atoms with van der Waals surface area (Å²) < 4.78 is 35.6. The van der Waals surface area contributed by atoms with Crippen molar-refractivity contribution in [3.05, 3.63) is 17.8 Å². The molecule has 0 spiro atoms. The van der Waals surface area contributed by atoms with E-state index in [4.69, 9.17) is 20.6 Å². The number of ether oxygens (including phenoxy) is 1. The lowest BCUT2D eigenvalue weighted by molar-refractivity contribution is -0.121. The predicted octanol–water partition coefficient (Wildman–Crippen LogP) is 0.514. The van der Waals surface area contributed by atoms with Gasteiger partial charge in [0.25, 0.3) is 11.8 Å². The number of aromatic nitrogens is 1. The number of amides is 3. The van der Waals surface area contributed by atoms with Gasteiger partial charge in [-0.3, -0.25) is 19.3 Å². The zero-order chi connectivity index (χ0) is 27.7. The lowest BCUT2D eigenvalue weighted by atomic mass is 10.0. The number of nitrogens with two attached hydrogens (primary N) is 2. The van der Waals surface area contributed by atoms with Crippen LogP contribution in [0.25, 0.3) is 0 Å². The first kappa shape index (κ1) is 30.7. The first-order valence-electron chi connectivity index (χ1n) is 11.3. The summed E-state index contributed by atoms with van der Waals surface area (Å²) in [6, 6.07) is -1.89. The number of sulfonamides is 1. The van der Waals surface area contributed by atoms with E-state index in [2.05, 4.69) is 20.6 Å². The van der Waals surface area contributed by atoms with Crippen LogP contribution >= 0.6 is 0 Å². The minimum atomic E-state index is -3.86. The zero-order valence-electron chi connectivity index (χ0n) is 21.5. The molecule has 36 heavy (non-hydrogen) atoms. The summed E-state index contributed by atoms with van der Waals surface area (Å²) in [5, 5.41) is 5.14. The minimum absolute atomic E-state index is 0.0464. The Kier molecular flexibility index (Phi) is 11.2. The Bertz CT molecular complexity index is 1040. The summed E-state index contributed by atoms with van der Waals surface area (Å²) in [7, 11) is -3.86. The maximum atomic E-state index is 12.8. The highest BCUT2D eigenvalue weighted by atomic mass is 32.2. The second kappa shape index (κ2) is 13.1. The maximum Gasteiger partial charge on any atom is 0.408 e. The highest BCUT2D eigenvalue weighted by Gasteiger charge is 2.28. The predicted molar refractivity (Wildman–Crippen MR) is 132 cm³/mol. The molecule has 0 saturated carbocycles. The molecule has 1 aromatic heterocycles. The molecule has 0 aliphatic carbocycles. The van der Waals surface area contributed by atoms with E-state index in [9.17, 15) is 22.8 Å². The van der Waals surface area contributed by atoms with Crippen molar-refractivity contribution in [2.75, 3.05) is 12.8 Å². The van der Waals surface area contributed by atoms with Gasteiger partial charge in [0, 0.05) is 6.54 Å². The number of alkyl carbamates (subject to hydrolysis) is 1. The second-order valence-corrected chi connectivity index (χ2v) is 11.4. The van der Waals surface area contributed by atoms with Crippen molar-refractivity contribution >= 4 is 33.9 Å². The third-order valence-corrected chi connectivity index (χ3v) is 4.88. The monoisotopic (exact) mass is 531 g/mol. The SMILES string of the molecule is CC(C)C[C@H](NC(=O)OC(C)(C)C)c1nc(C(=O)NC(CCCN=C(N)N)C(=O)NS(C)(=O)=O)co1. The van der Waals surface area contributed by atoms with E-state index in [0.29, 0.717) is 6.42 Å². The van der Waals surface area contributed by atoms with Crippen molar-refractivity contribution in [2.24, 2.45) is 22.4 Å². The fraction of sp³-hybridized carbons (Fsp3) is 0.667. The average molecular weight is 532 g/mol. The van der Waals surface area contributed by atoms with Crippen molar-refractivity contribution in [2.45, 2.75) is 71.6 Å². The number of oxazole rings is 1. The van der Waals surface area contributed by atoms with E-state index >= 15 is 0 Å². The zero-order valence-corrected chi connectivity index (χ0v) is 22.3. The van der Waals surface area contributed by atoms with Gasteiger partial charge in [-0.05, 0) is 46.0 Å². The fourth-order valence-corrected chi connectivity index (χ4v) is 3.46. The van der Waals surface area contributed by atoms with Gasteiger partial charge in [-0.25, -0.2) is 18.2 Å². The Morgan fingerprint density at radius 1 is 1.19 bits per heavy atom. The second-order valence-electron chi connectivity index (χ2n) is 9.61. The molecule has 0 aromatic carbocycles. The topological polar surface area (TPSA) is 221 Å². The lowest BCUT2D eigenvalue weighted by Gasteiger charge is -2.23. The molecule has 0 saturated heterocycles. The quantitative estimate of drug-likeness (QED) is 0.143. The van der Waals surface area contributed by atoms with E-state index in [0.717, 1.165) is 12.5 Å². The molecule has 204 valence electrons. The van der Waals surface area contributed by atoms with Crippen LogP contribution < -0.4 is 26.8 Å². The molecule has 0 radical (unpaired) electrons. The molecule has 2 atom stereocenters. The van der Waals surface area contributed by atoms with Crippen LogP contribution in [0.3, 0.4) is 0 Å². The summed E-state index contributed by atoms with van der Waals surface area (Å²) in [5.74, 6) is -1.63. The van der Waals surface area contributed by atoms with Gasteiger partial charge in [0.15, 0.2) is 11.7 Å². The highest BCUT2D eigenvalue weighted by molar-refractivity contribution is 7.89. The molecule has 7 N–H and O–H groups in total. The number of hydrogen-bond donors (Lipinski definition) is 5. The summed E-state index contributed by atoms with van der Waals surface area (Å²) in [4.78, 5) is 45.4. The summed E-state index contributed by atoms with van der Waals surface area (Å²) >= 11 is 0. The van der Waals surface area contributed by atoms with E-state index in [1.54, 1.807) is 20.8 Å². The minimum Gasteiger partial charge on any atom is -0.446 e. The van der Waals surface area contributed by atoms with Crippen molar-refractivity contribution in [1.29, 1.82) is 0 Å². The molecule has 1 aromatic rings. The maximum absolute atomic E-state index is 12.8. The molecule has 1 rings (SSSR count). The Balaban J connectivity index is 3.02. The van der Waals surface area contributed by atoms with Gasteiger partial charge in [0.2, 0.25) is 15.9 Å². The molecule has 0 fully saturated rings. The number of nitrogens with one attached hydrogen (secondary N) is 3. The molecule has 0 aliphatic heterocycles. The van der Waals surface area contributed by atoms with E-state index in [-0.39, 0.29) is 42.8 Å². The van der Waals surface area contributed by atoms with Crippen molar-refractivity contribution in [3.63, 3.8) is 0 Å². The van der Waals surface area contributed by atoms with Crippen LogP contribution in [0, 0.1) is 5.92 Å². The van der Waals surface area contributed by atoms with Gasteiger partial charge in [-0.15, -0.1) is 0 Å². The molecular formula is C21H37N7O7S. The largest absolute Gasteiger partial charge is 0.446 e. The van der Waals surface area contributed by atoms with Gasteiger partial charge in [-0.1, -0.05) is 13.8 Å². The fourth-order valence-electron chi connectivity index (χ4n) is 2.95. The van der Waals surface area contributed by atoms with Gasteiger partial charge < -0.3 is 31.3 Å². The Labute approximate surface area is 211 Å². The smallest absolute Gasteiger partial charge is 0.408 e. The molecule has 15 heteroatoms. The Morgan fingerprint density at radius 2 is 1.83 bits per heavy atom. The van der Waals surface area contributed by atoms with Gasteiger partial charge >= 0.3 is 6.09 Å². The third-order valence-electron chi connectivity index (χ3n) is 4.30. The first-order valence-corrected chi connectivity index (χ1v) is 13.2. The lowest BCUT2D eigenvalue weighted by Crippen LogP contribution is -2.48. The van der Waals surface area contributed by atoms with Crippen LogP contribution in [0.5, 0.6) is 0 Å². The number of guanidine groups is 1.